The molecule has 1 N–H and O–H groups in total. The van der Waals surface area contributed by atoms with E-state index >= 15 is 0 Å². The van der Waals surface area contributed by atoms with Crippen molar-refractivity contribution in [1.82, 2.24) is 0 Å². The molecule has 1 radical (unpaired) electrons. The first-order valence-corrected chi connectivity index (χ1v) is 4.49. The average molecular weight is 167 g/mol. The van der Waals surface area contributed by atoms with Crippen molar-refractivity contribution in [3.63, 3.8) is 0 Å². The Morgan fingerprint density at radius 2 is 1.73 bits per heavy atom. The molecule has 0 saturated carbocycles. The maximum atomic E-state index is 9.16. The van der Waals surface area contributed by atoms with Crippen LogP contribution >= 0.6 is 0 Å². The standard InChI is InChI=1S/C9H20O.Na/c1-3-5-6-7-8-9(10)4-2;/h9-10H,3-8H2,1-2H3;. The van der Waals surface area contributed by atoms with Crippen molar-refractivity contribution in [2.75, 3.05) is 0 Å². The van der Waals surface area contributed by atoms with Crippen LogP contribution in [0.2, 0.25) is 0 Å². The molecular formula is C9H20NaO. The number of unbranched alkanes of at least 4 members (excludes halogenated alkanes) is 3. The first kappa shape index (κ1) is 14.5. The zero-order valence-corrected chi connectivity index (χ0v) is 10.3. The maximum absolute atomic E-state index is 9.16. The van der Waals surface area contributed by atoms with Gasteiger partial charge < -0.3 is 5.11 Å². The first-order chi connectivity index (χ1) is 4.81. The molecule has 0 aromatic rings. The summed E-state index contributed by atoms with van der Waals surface area (Å²) in [6.45, 7) is 4.24. The second-order valence-electron chi connectivity index (χ2n) is 2.91. The van der Waals surface area contributed by atoms with E-state index in [0.717, 1.165) is 12.8 Å². The van der Waals surface area contributed by atoms with Crippen molar-refractivity contribution in [1.29, 1.82) is 0 Å². The minimum atomic E-state index is -0.0446. The molecule has 0 aliphatic carbocycles. The SMILES string of the molecule is CCCCCCC(O)CC.[Na]. The van der Waals surface area contributed by atoms with Crippen LogP contribution < -0.4 is 0 Å². The van der Waals surface area contributed by atoms with E-state index in [4.69, 9.17) is 5.11 Å². The molecule has 63 valence electrons. The van der Waals surface area contributed by atoms with E-state index in [1.165, 1.54) is 25.7 Å². The Bertz CT molecular complexity index is 66.6. The van der Waals surface area contributed by atoms with Gasteiger partial charge in [0.2, 0.25) is 0 Å². The van der Waals surface area contributed by atoms with Gasteiger partial charge in [0.15, 0.2) is 0 Å². The summed E-state index contributed by atoms with van der Waals surface area (Å²) in [7, 11) is 0. The fourth-order valence-corrected chi connectivity index (χ4v) is 1.01. The molecule has 0 saturated heterocycles. The number of aliphatic hydroxyl groups excluding tert-OH is 1. The molecule has 0 aliphatic rings. The molecule has 0 bridgehead atoms. The summed E-state index contributed by atoms with van der Waals surface area (Å²) in [6.07, 6.45) is 6.94. The predicted molar refractivity (Wildman–Crippen MR) is 50.8 cm³/mol. The zero-order chi connectivity index (χ0) is 7.82. The summed E-state index contributed by atoms with van der Waals surface area (Å²) in [6, 6.07) is 0. The Morgan fingerprint density at radius 1 is 1.09 bits per heavy atom. The Hall–Kier alpha value is 0.960. The summed E-state index contributed by atoms with van der Waals surface area (Å²) in [4.78, 5) is 0. The predicted octanol–water partition coefficient (Wildman–Crippen LogP) is 2.35. The molecule has 0 amide bonds. The van der Waals surface area contributed by atoms with Crippen LogP contribution in [0.4, 0.5) is 0 Å². The fourth-order valence-electron chi connectivity index (χ4n) is 1.01. The third-order valence-corrected chi connectivity index (χ3v) is 1.86. The largest absolute Gasteiger partial charge is 0.393 e. The Labute approximate surface area is 92.9 Å². The van der Waals surface area contributed by atoms with E-state index in [1.54, 1.807) is 0 Å². The molecule has 1 nitrogen and oxygen atoms in total. The van der Waals surface area contributed by atoms with Crippen LogP contribution in [0.1, 0.15) is 52.4 Å². The normalized spacial score (nSPS) is 12.3. The van der Waals surface area contributed by atoms with Gasteiger partial charge in [-0.25, -0.2) is 0 Å². The molecule has 0 rings (SSSR count). The number of hydrogen-bond acceptors (Lipinski definition) is 1. The second kappa shape index (κ2) is 11.0. The minimum Gasteiger partial charge on any atom is -0.393 e. The monoisotopic (exact) mass is 167 g/mol. The summed E-state index contributed by atoms with van der Waals surface area (Å²) < 4.78 is 0. The van der Waals surface area contributed by atoms with Crippen LogP contribution in [0.15, 0.2) is 0 Å². The summed E-state index contributed by atoms with van der Waals surface area (Å²) in [5.41, 5.74) is 0. The van der Waals surface area contributed by atoms with Crippen molar-refractivity contribution in [3.8, 4) is 0 Å². The van der Waals surface area contributed by atoms with Gasteiger partial charge in [-0.05, 0) is 12.8 Å². The van der Waals surface area contributed by atoms with Gasteiger partial charge in [0.25, 0.3) is 0 Å². The van der Waals surface area contributed by atoms with Crippen molar-refractivity contribution in [2.24, 2.45) is 0 Å². The van der Waals surface area contributed by atoms with Crippen LogP contribution in [0.25, 0.3) is 0 Å². The number of hydrogen-bond donors (Lipinski definition) is 1. The van der Waals surface area contributed by atoms with E-state index in [9.17, 15) is 0 Å². The van der Waals surface area contributed by atoms with Crippen LogP contribution in [-0.2, 0) is 0 Å². The van der Waals surface area contributed by atoms with E-state index < -0.39 is 0 Å². The van der Waals surface area contributed by atoms with Gasteiger partial charge >= 0.3 is 0 Å². The van der Waals surface area contributed by atoms with Gasteiger partial charge in [-0.15, -0.1) is 0 Å². The second-order valence-corrected chi connectivity index (χ2v) is 2.91. The Morgan fingerprint density at radius 3 is 2.18 bits per heavy atom. The summed E-state index contributed by atoms with van der Waals surface area (Å²) in [5.74, 6) is 0. The van der Waals surface area contributed by atoms with Crippen molar-refractivity contribution < 1.29 is 5.11 Å². The number of aliphatic hydroxyl groups is 1. The molecule has 11 heavy (non-hydrogen) atoms. The van der Waals surface area contributed by atoms with Crippen LogP contribution in [0, 0.1) is 0 Å². The van der Waals surface area contributed by atoms with Crippen LogP contribution in [0.5, 0.6) is 0 Å². The molecule has 1 unspecified atom stereocenters. The minimum absolute atomic E-state index is 0. The van der Waals surface area contributed by atoms with Crippen molar-refractivity contribution in [3.05, 3.63) is 0 Å². The van der Waals surface area contributed by atoms with Gasteiger partial charge in [-0.1, -0.05) is 39.5 Å². The van der Waals surface area contributed by atoms with Crippen molar-refractivity contribution in [2.45, 2.75) is 58.5 Å². The molecule has 0 aromatic heterocycles. The topological polar surface area (TPSA) is 20.2 Å². The third-order valence-electron chi connectivity index (χ3n) is 1.86. The third kappa shape index (κ3) is 11.0. The molecule has 0 heterocycles. The molecule has 0 spiro atoms. The average Bonchev–Trinajstić information content (AvgIpc) is 1.98. The van der Waals surface area contributed by atoms with Crippen LogP contribution in [0.3, 0.4) is 0 Å². The van der Waals surface area contributed by atoms with Gasteiger partial charge in [-0.3, -0.25) is 0 Å². The van der Waals surface area contributed by atoms with Gasteiger partial charge in [0, 0.05) is 29.6 Å². The number of rotatable bonds is 6. The molecular weight excluding hydrogens is 147 g/mol. The van der Waals surface area contributed by atoms with E-state index in [2.05, 4.69) is 6.92 Å². The molecule has 0 fully saturated rings. The first-order valence-electron chi connectivity index (χ1n) is 4.49. The van der Waals surface area contributed by atoms with Gasteiger partial charge in [0.1, 0.15) is 0 Å². The van der Waals surface area contributed by atoms with E-state index in [0.29, 0.717) is 0 Å². The smallest absolute Gasteiger partial charge is 0.0537 e. The molecule has 2 heteroatoms. The Kier molecular flexibility index (Phi) is 14.4. The summed E-state index contributed by atoms with van der Waals surface area (Å²) in [5, 5.41) is 9.16. The van der Waals surface area contributed by atoms with Gasteiger partial charge in [-0.2, -0.15) is 0 Å². The van der Waals surface area contributed by atoms with E-state index in [1.807, 2.05) is 6.92 Å². The molecule has 0 aromatic carbocycles. The Balaban J connectivity index is 0. The van der Waals surface area contributed by atoms with Crippen molar-refractivity contribution >= 4 is 29.6 Å². The molecule has 0 aliphatic heterocycles. The van der Waals surface area contributed by atoms with E-state index in [-0.39, 0.29) is 35.7 Å². The maximum Gasteiger partial charge on any atom is 0.0537 e. The summed E-state index contributed by atoms with van der Waals surface area (Å²) >= 11 is 0. The van der Waals surface area contributed by atoms with Crippen LogP contribution in [-0.4, -0.2) is 40.8 Å². The zero-order valence-electron chi connectivity index (χ0n) is 8.27. The quantitative estimate of drug-likeness (QED) is 0.475. The van der Waals surface area contributed by atoms with Gasteiger partial charge in [0.05, 0.1) is 6.10 Å². The fraction of sp³-hybridized carbons (Fsp3) is 1.00. The molecule has 1 atom stereocenters.